The number of hydrogen-bond acceptors (Lipinski definition) is 3. The molecule has 3 atom stereocenters. The van der Waals surface area contributed by atoms with E-state index in [9.17, 15) is 5.11 Å². The molecule has 1 aromatic rings. The molecular weight excluding hydrogens is 202 g/mol. The van der Waals surface area contributed by atoms with Gasteiger partial charge in [-0.05, 0) is 11.1 Å². The first kappa shape index (κ1) is 10.0. The van der Waals surface area contributed by atoms with Crippen LogP contribution in [-0.4, -0.2) is 30.6 Å². The van der Waals surface area contributed by atoms with E-state index in [4.69, 9.17) is 4.74 Å². The Balaban J connectivity index is 1.84. The van der Waals surface area contributed by atoms with Crippen molar-refractivity contribution in [2.45, 2.75) is 18.1 Å². The van der Waals surface area contributed by atoms with Crippen LogP contribution in [0.15, 0.2) is 30.3 Å². The molecule has 2 N–H and O–H groups in total. The van der Waals surface area contributed by atoms with E-state index >= 15 is 0 Å². The standard InChI is InChI=1S/C13H15NO2/c15-13(12-7-14-8-16-12)11-6-5-9-3-1-2-4-10(9)11/h1-6,11-15H,7-8H2. The lowest BCUT2D eigenvalue weighted by atomic mass is 9.92. The number of aliphatic hydroxyl groups excluding tert-OH is 1. The van der Waals surface area contributed by atoms with Crippen molar-refractivity contribution in [2.75, 3.05) is 13.3 Å². The molecule has 3 heteroatoms. The summed E-state index contributed by atoms with van der Waals surface area (Å²) in [6.45, 7) is 1.27. The zero-order valence-corrected chi connectivity index (χ0v) is 8.97. The van der Waals surface area contributed by atoms with Crippen molar-refractivity contribution in [1.82, 2.24) is 5.32 Å². The summed E-state index contributed by atoms with van der Waals surface area (Å²) in [5.74, 6) is 0.0705. The zero-order valence-electron chi connectivity index (χ0n) is 8.97. The Labute approximate surface area is 94.7 Å². The van der Waals surface area contributed by atoms with E-state index in [1.54, 1.807) is 0 Å². The monoisotopic (exact) mass is 217 g/mol. The lowest BCUT2D eigenvalue weighted by Crippen LogP contribution is -2.33. The first-order valence-electron chi connectivity index (χ1n) is 5.64. The van der Waals surface area contributed by atoms with Gasteiger partial charge in [0.1, 0.15) is 0 Å². The van der Waals surface area contributed by atoms with Gasteiger partial charge in [-0.3, -0.25) is 5.32 Å². The van der Waals surface area contributed by atoms with Crippen LogP contribution >= 0.6 is 0 Å². The van der Waals surface area contributed by atoms with E-state index in [1.807, 2.05) is 12.1 Å². The van der Waals surface area contributed by atoms with E-state index in [1.165, 1.54) is 11.1 Å². The van der Waals surface area contributed by atoms with Crippen LogP contribution < -0.4 is 5.32 Å². The maximum atomic E-state index is 10.3. The molecule has 0 saturated carbocycles. The first-order chi connectivity index (χ1) is 7.86. The first-order valence-corrected chi connectivity index (χ1v) is 5.64. The highest BCUT2D eigenvalue weighted by atomic mass is 16.5. The van der Waals surface area contributed by atoms with Gasteiger partial charge in [-0.2, -0.15) is 0 Å². The van der Waals surface area contributed by atoms with E-state index in [0.29, 0.717) is 6.73 Å². The average molecular weight is 217 g/mol. The van der Waals surface area contributed by atoms with Gasteiger partial charge in [-0.1, -0.05) is 36.4 Å². The molecule has 1 saturated heterocycles. The summed E-state index contributed by atoms with van der Waals surface area (Å²) in [5.41, 5.74) is 2.41. The fourth-order valence-electron chi connectivity index (χ4n) is 2.45. The summed E-state index contributed by atoms with van der Waals surface area (Å²) in [4.78, 5) is 0. The maximum absolute atomic E-state index is 10.3. The third-order valence-electron chi connectivity index (χ3n) is 3.33. The lowest BCUT2D eigenvalue weighted by molar-refractivity contribution is -0.00309. The van der Waals surface area contributed by atoms with Crippen LogP contribution in [0.4, 0.5) is 0 Å². The highest BCUT2D eigenvalue weighted by Crippen LogP contribution is 2.34. The van der Waals surface area contributed by atoms with E-state index in [-0.39, 0.29) is 12.0 Å². The zero-order chi connectivity index (χ0) is 11.0. The highest BCUT2D eigenvalue weighted by molar-refractivity contribution is 5.62. The van der Waals surface area contributed by atoms with Crippen LogP contribution in [0.5, 0.6) is 0 Å². The third kappa shape index (κ3) is 1.57. The molecule has 0 aromatic heterocycles. The number of ether oxygens (including phenoxy) is 1. The van der Waals surface area contributed by atoms with Crippen molar-refractivity contribution in [3.8, 4) is 0 Å². The second-order valence-corrected chi connectivity index (χ2v) is 4.31. The van der Waals surface area contributed by atoms with Crippen molar-refractivity contribution >= 4 is 6.08 Å². The minimum atomic E-state index is -0.463. The van der Waals surface area contributed by atoms with Gasteiger partial charge in [0.15, 0.2) is 0 Å². The molecule has 1 heterocycles. The molecule has 0 bridgehead atoms. The molecule has 1 fully saturated rings. The van der Waals surface area contributed by atoms with Crippen molar-refractivity contribution in [2.24, 2.45) is 0 Å². The predicted octanol–water partition coefficient (Wildman–Crippen LogP) is 1.10. The highest BCUT2D eigenvalue weighted by Gasteiger charge is 2.32. The van der Waals surface area contributed by atoms with Gasteiger partial charge in [-0.15, -0.1) is 0 Å². The predicted molar refractivity (Wildman–Crippen MR) is 62.0 cm³/mol. The normalized spacial score (nSPS) is 29.3. The topological polar surface area (TPSA) is 41.5 Å². The Morgan fingerprint density at radius 2 is 2.25 bits per heavy atom. The van der Waals surface area contributed by atoms with Crippen LogP contribution in [0, 0.1) is 0 Å². The minimum Gasteiger partial charge on any atom is -0.389 e. The van der Waals surface area contributed by atoms with Crippen molar-refractivity contribution in [3.63, 3.8) is 0 Å². The fourth-order valence-corrected chi connectivity index (χ4v) is 2.45. The molecule has 3 rings (SSSR count). The van der Waals surface area contributed by atoms with Crippen molar-refractivity contribution < 1.29 is 9.84 Å². The summed E-state index contributed by atoms with van der Waals surface area (Å²) < 4.78 is 5.45. The Hall–Kier alpha value is -1.16. The molecule has 1 aliphatic carbocycles. The van der Waals surface area contributed by atoms with Gasteiger partial charge in [-0.25, -0.2) is 0 Å². The quantitative estimate of drug-likeness (QED) is 0.779. The molecule has 0 amide bonds. The number of benzene rings is 1. The Bertz CT molecular complexity index is 410. The largest absolute Gasteiger partial charge is 0.389 e. The van der Waals surface area contributed by atoms with Gasteiger partial charge in [0.2, 0.25) is 0 Å². The van der Waals surface area contributed by atoms with E-state index in [0.717, 1.165) is 6.54 Å². The van der Waals surface area contributed by atoms with Gasteiger partial charge in [0, 0.05) is 12.5 Å². The Morgan fingerprint density at radius 1 is 1.38 bits per heavy atom. The summed E-state index contributed by atoms with van der Waals surface area (Å²) in [5, 5.41) is 13.4. The summed E-state index contributed by atoms with van der Waals surface area (Å²) >= 11 is 0. The maximum Gasteiger partial charge on any atom is 0.0985 e. The molecule has 0 spiro atoms. The summed E-state index contributed by atoms with van der Waals surface area (Å²) in [6, 6.07) is 8.18. The molecule has 3 unspecified atom stereocenters. The van der Waals surface area contributed by atoms with Gasteiger partial charge in [0.05, 0.1) is 18.9 Å². The smallest absolute Gasteiger partial charge is 0.0985 e. The van der Waals surface area contributed by atoms with Crippen molar-refractivity contribution in [3.05, 3.63) is 41.5 Å². The van der Waals surface area contributed by atoms with Crippen LogP contribution in [-0.2, 0) is 4.74 Å². The minimum absolute atomic E-state index is 0.0705. The number of aliphatic hydroxyl groups is 1. The van der Waals surface area contributed by atoms with Crippen LogP contribution in [0.1, 0.15) is 17.0 Å². The van der Waals surface area contributed by atoms with Gasteiger partial charge in [0.25, 0.3) is 0 Å². The van der Waals surface area contributed by atoms with Crippen molar-refractivity contribution in [1.29, 1.82) is 0 Å². The Morgan fingerprint density at radius 3 is 3.06 bits per heavy atom. The summed E-state index contributed by atoms with van der Waals surface area (Å²) in [6.07, 6.45) is 3.58. The molecule has 3 nitrogen and oxygen atoms in total. The number of nitrogens with one attached hydrogen (secondary N) is 1. The number of rotatable bonds is 2. The van der Waals surface area contributed by atoms with E-state index in [2.05, 4.69) is 29.6 Å². The molecule has 2 aliphatic rings. The molecule has 16 heavy (non-hydrogen) atoms. The molecule has 84 valence electrons. The molecule has 1 aromatic carbocycles. The van der Waals surface area contributed by atoms with Gasteiger partial charge >= 0.3 is 0 Å². The van der Waals surface area contributed by atoms with E-state index < -0.39 is 6.10 Å². The van der Waals surface area contributed by atoms with Crippen LogP contribution in [0.2, 0.25) is 0 Å². The van der Waals surface area contributed by atoms with Crippen LogP contribution in [0.25, 0.3) is 6.08 Å². The summed E-state index contributed by atoms with van der Waals surface area (Å²) in [7, 11) is 0. The number of hydrogen-bond donors (Lipinski definition) is 2. The second-order valence-electron chi connectivity index (χ2n) is 4.31. The molecule has 0 radical (unpaired) electrons. The molecular formula is C13H15NO2. The molecule has 1 aliphatic heterocycles. The van der Waals surface area contributed by atoms with Crippen LogP contribution in [0.3, 0.4) is 0 Å². The number of fused-ring (bicyclic) bond motifs is 1. The average Bonchev–Trinajstić information content (AvgIpc) is 2.98. The second kappa shape index (κ2) is 4.01. The fraction of sp³-hybridized carbons (Fsp3) is 0.385. The van der Waals surface area contributed by atoms with Gasteiger partial charge < -0.3 is 9.84 Å². The third-order valence-corrected chi connectivity index (χ3v) is 3.33. The lowest BCUT2D eigenvalue weighted by Gasteiger charge is -2.22. The SMILES string of the molecule is OC(C1CNCO1)C1C=Cc2ccccc21. The Kier molecular flexibility index (Phi) is 2.52.